The zero-order valence-corrected chi connectivity index (χ0v) is 13.1. The third-order valence-electron chi connectivity index (χ3n) is 2.29. The van der Waals surface area contributed by atoms with Gasteiger partial charge < -0.3 is 5.32 Å². The molecule has 0 fully saturated rings. The van der Waals surface area contributed by atoms with E-state index in [1.165, 1.54) is 5.01 Å². The van der Waals surface area contributed by atoms with Crippen LogP contribution in [-0.4, -0.2) is 4.98 Å². The third-order valence-corrected chi connectivity index (χ3v) is 4.46. The van der Waals surface area contributed by atoms with Crippen LogP contribution in [0.15, 0.2) is 23.6 Å². The van der Waals surface area contributed by atoms with Gasteiger partial charge in [-0.15, -0.1) is 11.3 Å². The van der Waals surface area contributed by atoms with Crippen LogP contribution in [0.25, 0.3) is 0 Å². The van der Waals surface area contributed by atoms with Crippen LogP contribution in [0.3, 0.4) is 0 Å². The Labute approximate surface area is 124 Å². The molecule has 90 valence electrons. The van der Waals surface area contributed by atoms with Crippen molar-refractivity contribution in [1.82, 2.24) is 4.98 Å². The number of hydrogen-bond donors (Lipinski definition) is 1. The molecule has 2 aromatic rings. The molecule has 0 unspecified atom stereocenters. The Morgan fingerprint density at radius 2 is 2.29 bits per heavy atom. The lowest BCUT2D eigenvalue weighted by atomic mass is 10.3. The molecule has 1 aromatic carbocycles. The minimum absolute atomic E-state index is 0.758. The van der Waals surface area contributed by atoms with E-state index in [4.69, 9.17) is 11.6 Å². The molecule has 0 aliphatic rings. The number of thiazole rings is 1. The molecule has 1 heterocycles. The van der Waals surface area contributed by atoms with Gasteiger partial charge in [0, 0.05) is 19.7 Å². The smallest absolute Gasteiger partial charge is 0.0926 e. The number of benzene rings is 1. The maximum atomic E-state index is 5.91. The lowest BCUT2D eigenvalue weighted by molar-refractivity contribution is 1.01. The molecule has 0 amide bonds. The Balaban J connectivity index is 2.02. The first-order valence-corrected chi connectivity index (χ1v) is 7.65. The predicted octanol–water partition coefficient (Wildman–Crippen LogP) is 4.58. The van der Waals surface area contributed by atoms with Gasteiger partial charge in [-0.2, -0.15) is 0 Å². The van der Waals surface area contributed by atoms with Crippen LogP contribution in [-0.2, 0) is 13.0 Å². The standard InChI is InChI=1S/C12H12ClIN2S/c1-2-12-16-9(7-17-12)6-15-11-4-3-8(13)5-10(11)14/h3-5,7,15H,2,6H2,1H3. The van der Waals surface area contributed by atoms with Crippen molar-refractivity contribution >= 4 is 51.2 Å². The number of hydrogen-bond acceptors (Lipinski definition) is 3. The van der Waals surface area contributed by atoms with E-state index in [2.05, 4.69) is 45.2 Å². The highest BCUT2D eigenvalue weighted by atomic mass is 127. The van der Waals surface area contributed by atoms with Gasteiger partial charge in [0.25, 0.3) is 0 Å². The van der Waals surface area contributed by atoms with E-state index < -0.39 is 0 Å². The fourth-order valence-corrected chi connectivity index (χ4v) is 3.22. The van der Waals surface area contributed by atoms with Crippen LogP contribution in [0.5, 0.6) is 0 Å². The molecule has 1 N–H and O–H groups in total. The first-order valence-electron chi connectivity index (χ1n) is 5.31. The summed E-state index contributed by atoms with van der Waals surface area (Å²) >= 11 is 9.91. The van der Waals surface area contributed by atoms with Gasteiger partial charge in [-0.3, -0.25) is 0 Å². The molecule has 0 saturated carbocycles. The Bertz CT molecular complexity index is 513. The monoisotopic (exact) mass is 378 g/mol. The summed E-state index contributed by atoms with van der Waals surface area (Å²) in [6.45, 7) is 2.88. The molecule has 2 nitrogen and oxygen atoms in total. The lowest BCUT2D eigenvalue weighted by Gasteiger charge is -2.07. The predicted molar refractivity (Wildman–Crippen MR) is 83.0 cm³/mol. The summed E-state index contributed by atoms with van der Waals surface area (Å²) in [5.41, 5.74) is 2.19. The number of anilines is 1. The molecular weight excluding hydrogens is 367 g/mol. The second kappa shape index (κ2) is 6.02. The molecule has 0 aliphatic carbocycles. The summed E-state index contributed by atoms with van der Waals surface area (Å²) in [5, 5.41) is 7.43. The van der Waals surface area contributed by atoms with E-state index in [0.717, 1.165) is 32.9 Å². The van der Waals surface area contributed by atoms with Gasteiger partial charge in [0.15, 0.2) is 0 Å². The van der Waals surface area contributed by atoms with Crippen LogP contribution in [0.4, 0.5) is 5.69 Å². The molecule has 0 bridgehead atoms. The zero-order valence-electron chi connectivity index (χ0n) is 9.34. The van der Waals surface area contributed by atoms with Gasteiger partial charge in [-0.25, -0.2) is 4.98 Å². The SMILES string of the molecule is CCc1nc(CNc2ccc(Cl)cc2I)cs1. The summed E-state index contributed by atoms with van der Waals surface area (Å²) in [6, 6.07) is 5.84. The van der Waals surface area contributed by atoms with E-state index in [-0.39, 0.29) is 0 Å². The first kappa shape index (κ1) is 13.1. The van der Waals surface area contributed by atoms with E-state index >= 15 is 0 Å². The maximum Gasteiger partial charge on any atom is 0.0926 e. The number of halogens is 2. The second-order valence-electron chi connectivity index (χ2n) is 3.56. The van der Waals surface area contributed by atoms with Crippen molar-refractivity contribution in [2.75, 3.05) is 5.32 Å². The largest absolute Gasteiger partial charge is 0.378 e. The molecular formula is C12H12ClIN2S. The lowest BCUT2D eigenvalue weighted by Crippen LogP contribution is -2.01. The number of aryl methyl sites for hydroxylation is 1. The van der Waals surface area contributed by atoms with Crippen LogP contribution in [0, 0.1) is 3.57 Å². The quantitative estimate of drug-likeness (QED) is 0.788. The summed E-state index contributed by atoms with van der Waals surface area (Å²) in [6.07, 6.45) is 1.00. The van der Waals surface area contributed by atoms with Gasteiger partial charge in [0.2, 0.25) is 0 Å². The van der Waals surface area contributed by atoms with Gasteiger partial charge in [0.05, 0.1) is 17.2 Å². The second-order valence-corrected chi connectivity index (χ2v) is 6.11. The number of rotatable bonds is 4. The number of nitrogens with zero attached hydrogens (tertiary/aromatic N) is 1. The van der Waals surface area contributed by atoms with Crippen molar-refractivity contribution < 1.29 is 0 Å². The van der Waals surface area contributed by atoms with Gasteiger partial charge >= 0.3 is 0 Å². The molecule has 17 heavy (non-hydrogen) atoms. The molecule has 0 saturated heterocycles. The minimum atomic E-state index is 0.758. The summed E-state index contributed by atoms with van der Waals surface area (Å²) in [7, 11) is 0. The normalized spacial score (nSPS) is 10.5. The van der Waals surface area contributed by atoms with E-state index in [9.17, 15) is 0 Å². The average molecular weight is 379 g/mol. The highest BCUT2D eigenvalue weighted by molar-refractivity contribution is 14.1. The fourth-order valence-electron chi connectivity index (χ4n) is 1.41. The van der Waals surface area contributed by atoms with Gasteiger partial charge in [-0.1, -0.05) is 18.5 Å². The summed E-state index contributed by atoms with van der Waals surface area (Å²) < 4.78 is 1.13. The maximum absolute atomic E-state index is 5.91. The Kier molecular flexibility index (Phi) is 4.64. The van der Waals surface area contributed by atoms with Crippen molar-refractivity contribution in [3.8, 4) is 0 Å². The highest BCUT2D eigenvalue weighted by Gasteiger charge is 2.03. The molecule has 0 spiro atoms. The van der Waals surface area contributed by atoms with E-state index in [1.54, 1.807) is 11.3 Å². The van der Waals surface area contributed by atoms with Gasteiger partial charge in [-0.05, 0) is 47.2 Å². The molecule has 0 aliphatic heterocycles. The van der Waals surface area contributed by atoms with E-state index in [0.29, 0.717) is 0 Å². The molecule has 5 heteroatoms. The fraction of sp³-hybridized carbons (Fsp3) is 0.250. The zero-order chi connectivity index (χ0) is 12.3. The van der Waals surface area contributed by atoms with Crippen molar-refractivity contribution in [2.24, 2.45) is 0 Å². The van der Waals surface area contributed by atoms with Crippen molar-refractivity contribution in [3.05, 3.63) is 42.9 Å². The summed E-state index contributed by atoms with van der Waals surface area (Å²) in [5.74, 6) is 0. The molecule has 0 radical (unpaired) electrons. The van der Waals surface area contributed by atoms with Crippen LogP contribution in [0.2, 0.25) is 5.02 Å². The number of nitrogens with one attached hydrogen (secondary N) is 1. The molecule has 1 aromatic heterocycles. The first-order chi connectivity index (χ1) is 8.19. The Morgan fingerprint density at radius 1 is 1.47 bits per heavy atom. The van der Waals surface area contributed by atoms with Crippen LogP contribution >= 0.6 is 45.5 Å². The Morgan fingerprint density at radius 3 is 2.94 bits per heavy atom. The van der Waals surface area contributed by atoms with Crippen molar-refractivity contribution in [1.29, 1.82) is 0 Å². The van der Waals surface area contributed by atoms with Crippen LogP contribution in [0.1, 0.15) is 17.6 Å². The minimum Gasteiger partial charge on any atom is -0.378 e. The van der Waals surface area contributed by atoms with Crippen molar-refractivity contribution in [3.63, 3.8) is 0 Å². The Hall–Kier alpha value is -0.330. The molecule has 2 rings (SSSR count). The van der Waals surface area contributed by atoms with Crippen LogP contribution < -0.4 is 5.32 Å². The number of aromatic nitrogens is 1. The van der Waals surface area contributed by atoms with E-state index in [1.807, 2.05) is 18.2 Å². The highest BCUT2D eigenvalue weighted by Crippen LogP contribution is 2.23. The average Bonchev–Trinajstić information content (AvgIpc) is 2.76. The van der Waals surface area contributed by atoms with Crippen molar-refractivity contribution in [2.45, 2.75) is 19.9 Å². The van der Waals surface area contributed by atoms with Gasteiger partial charge in [0.1, 0.15) is 0 Å². The topological polar surface area (TPSA) is 24.9 Å². The third kappa shape index (κ3) is 3.56. The summed E-state index contributed by atoms with van der Waals surface area (Å²) in [4.78, 5) is 4.52. The molecule has 0 atom stereocenters.